The van der Waals surface area contributed by atoms with E-state index in [-0.39, 0.29) is 12.0 Å². The Morgan fingerprint density at radius 1 is 1.47 bits per heavy atom. The lowest BCUT2D eigenvalue weighted by Crippen LogP contribution is -2.30. The van der Waals surface area contributed by atoms with Gasteiger partial charge in [0.15, 0.2) is 11.9 Å². The molecule has 98 valence electrons. The fraction of sp³-hybridized carbons (Fsp3) is 0.308. The van der Waals surface area contributed by atoms with E-state index in [9.17, 15) is 4.79 Å². The molecule has 1 atom stereocenters. The summed E-state index contributed by atoms with van der Waals surface area (Å²) in [7, 11) is 1.73. The molecule has 1 unspecified atom stereocenters. The number of aromatic amines is 1. The summed E-state index contributed by atoms with van der Waals surface area (Å²) in [6.45, 7) is 0.924. The van der Waals surface area contributed by atoms with Crippen molar-refractivity contribution in [2.45, 2.75) is 12.6 Å². The van der Waals surface area contributed by atoms with Gasteiger partial charge >= 0.3 is 0 Å². The van der Waals surface area contributed by atoms with Gasteiger partial charge in [0.1, 0.15) is 5.82 Å². The van der Waals surface area contributed by atoms with Crippen LogP contribution in [-0.4, -0.2) is 45.7 Å². The number of likely N-dealkylation sites (N-methyl/N-ethyl adjacent to an activating group) is 1. The van der Waals surface area contributed by atoms with E-state index in [0.717, 1.165) is 5.56 Å². The molecule has 1 aliphatic rings. The Morgan fingerprint density at radius 2 is 2.21 bits per heavy atom. The van der Waals surface area contributed by atoms with Gasteiger partial charge in [-0.05, 0) is 0 Å². The van der Waals surface area contributed by atoms with Gasteiger partial charge in [0.25, 0.3) is 5.91 Å². The second kappa shape index (κ2) is 4.81. The number of nitrogens with zero attached hydrogens (tertiary/aromatic N) is 3. The lowest BCUT2D eigenvalue weighted by atomic mass is 10.2. The number of hydrogen-bond acceptors (Lipinski definition) is 4. The van der Waals surface area contributed by atoms with Gasteiger partial charge in [0, 0.05) is 12.6 Å². The van der Waals surface area contributed by atoms with Crippen LogP contribution in [0.2, 0.25) is 0 Å². The van der Waals surface area contributed by atoms with Crippen molar-refractivity contribution >= 4 is 5.91 Å². The van der Waals surface area contributed by atoms with E-state index in [1.54, 1.807) is 11.9 Å². The molecule has 2 aromatic rings. The molecule has 0 radical (unpaired) electrons. The van der Waals surface area contributed by atoms with Gasteiger partial charge < -0.3 is 9.64 Å². The quantitative estimate of drug-likeness (QED) is 0.824. The zero-order valence-corrected chi connectivity index (χ0v) is 10.5. The van der Waals surface area contributed by atoms with Gasteiger partial charge in [-0.15, -0.1) is 0 Å². The summed E-state index contributed by atoms with van der Waals surface area (Å²) in [4.78, 5) is 17.7. The minimum atomic E-state index is -0.262. The number of nitrogens with one attached hydrogen (secondary N) is 1. The third-order valence-corrected chi connectivity index (χ3v) is 2.94. The van der Waals surface area contributed by atoms with Gasteiger partial charge in [-0.2, -0.15) is 5.10 Å². The number of rotatable bonds is 4. The summed E-state index contributed by atoms with van der Waals surface area (Å²) in [6.07, 6.45) is -0.262. The monoisotopic (exact) mass is 258 g/mol. The first-order valence-corrected chi connectivity index (χ1v) is 6.07. The molecule has 6 heteroatoms. The molecule has 1 saturated heterocycles. The van der Waals surface area contributed by atoms with Crippen molar-refractivity contribution in [2.24, 2.45) is 0 Å². The third-order valence-electron chi connectivity index (χ3n) is 2.94. The van der Waals surface area contributed by atoms with Crippen LogP contribution in [0.4, 0.5) is 0 Å². The molecule has 0 spiro atoms. The molecular formula is C13H14N4O2. The summed E-state index contributed by atoms with van der Waals surface area (Å²) in [6, 6.07) is 9.70. The Bertz CT molecular complexity index is 577. The summed E-state index contributed by atoms with van der Waals surface area (Å²) < 4.78 is 4.97. The SMILES string of the molecule is CN(Cc1nc(-c2ccccc2)n[nH]1)C(=O)C1CO1. The van der Waals surface area contributed by atoms with Crippen molar-refractivity contribution in [1.82, 2.24) is 20.1 Å². The van der Waals surface area contributed by atoms with E-state index in [2.05, 4.69) is 15.2 Å². The van der Waals surface area contributed by atoms with E-state index >= 15 is 0 Å². The highest BCUT2D eigenvalue weighted by Gasteiger charge is 2.33. The maximum atomic E-state index is 11.7. The Labute approximate surface area is 110 Å². The molecular weight excluding hydrogens is 244 g/mol. The average Bonchev–Trinajstić information content (AvgIpc) is 3.19. The molecule has 0 aliphatic carbocycles. The van der Waals surface area contributed by atoms with Crippen molar-refractivity contribution < 1.29 is 9.53 Å². The van der Waals surface area contributed by atoms with E-state index in [1.165, 1.54) is 0 Å². The molecule has 1 N–H and O–H groups in total. The zero-order chi connectivity index (χ0) is 13.2. The van der Waals surface area contributed by atoms with Gasteiger partial charge in [0.2, 0.25) is 0 Å². The van der Waals surface area contributed by atoms with Crippen LogP contribution in [0.25, 0.3) is 11.4 Å². The summed E-state index contributed by atoms with van der Waals surface area (Å²) >= 11 is 0. The smallest absolute Gasteiger partial charge is 0.254 e. The molecule has 6 nitrogen and oxygen atoms in total. The van der Waals surface area contributed by atoms with Crippen LogP contribution < -0.4 is 0 Å². The van der Waals surface area contributed by atoms with Crippen LogP contribution in [0.5, 0.6) is 0 Å². The summed E-state index contributed by atoms with van der Waals surface area (Å²) in [5.74, 6) is 1.28. The Morgan fingerprint density at radius 3 is 2.89 bits per heavy atom. The molecule has 0 saturated carbocycles. The lowest BCUT2D eigenvalue weighted by Gasteiger charge is -2.13. The average molecular weight is 258 g/mol. The van der Waals surface area contributed by atoms with E-state index in [1.807, 2.05) is 30.3 Å². The predicted octanol–water partition coefficient (Wildman–Crippen LogP) is 0.829. The molecule has 1 aromatic heterocycles. The number of H-pyrrole nitrogens is 1. The second-order valence-corrected chi connectivity index (χ2v) is 4.49. The van der Waals surface area contributed by atoms with E-state index in [0.29, 0.717) is 24.8 Å². The van der Waals surface area contributed by atoms with Crippen LogP contribution in [0.1, 0.15) is 5.82 Å². The van der Waals surface area contributed by atoms with Gasteiger partial charge in [-0.1, -0.05) is 30.3 Å². The van der Waals surface area contributed by atoms with Crippen molar-refractivity contribution in [1.29, 1.82) is 0 Å². The van der Waals surface area contributed by atoms with Crippen LogP contribution in [0.15, 0.2) is 30.3 Å². The molecule has 19 heavy (non-hydrogen) atoms. The highest BCUT2D eigenvalue weighted by atomic mass is 16.6. The second-order valence-electron chi connectivity index (χ2n) is 4.49. The maximum Gasteiger partial charge on any atom is 0.254 e. The molecule has 0 bridgehead atoms. The lowest BCUT2D eigenvalue weighted by molar-refractivity contribution is -0.131. The van der Waals surface area contributed by atoms with E-state index < -0.39 is 0 Å². The van der Waals surface area contributed by atoms with Gasteiger partial charge in [-0.25, -0.2) is 4.98 Å². The summed E-state index contributed by atoms with van der Waals surface area (Å²) in [5.41, 5.74) is 0.949. The fourth-order valence-corrected chi connectivity index (χ4v) is 1.82. The first-order chi connectivity index (χ1) is 9.24. The highest BCUT2D eigenvalue weighted by molar-refractivity contribution is 5.82. The minimum Gasteiger partial charge on any atom is -0.363 e. The largest absolute Gasteiger partial charge is 0.363 e. The molecule has 1 aliphatic heterocycles. The molecule has 1 aromatic carbocycles. The Hall–Kier alpha value is -2.21. The number of epoxide rings is 1. The van der Waals surface area contributed by atoms with Gasteiger partial charge in [0.05, 0.1) is 13.2 Å². The van der Waals surface area contributed by atoms with Crippen LogP contribution in [0, 0.1) is 0 Å². The van der Waals surface area contributed by atoms with E-state index in [4.69, 9.17) is 4.74 Å². The molecule has 2 heterocycles. The standard InChI is InChI=1S/C13H14N4O2/c1-17(13(18)10-8-19-10)7-11-14-12(16-15-11)9-5-3-2-4-6-9/h2-6,10H,7-8H2,1H3,(H,14,15,16). The molecule has 3 rings (SSSR count). The summed E-state index contributed by atoms with van der Waals surface area (Å²) in [5, 5.41) is 7.01. The van der Waals surface area contributed by atoms with Crippen LogP contribution >= 0.6 is 0 Å². The first kappa shape index (κ1) is 11.9. The maximum absolute atomic E-state index is 11.7. The number of hydrogen-bond donors (Lipinski definition) is 1. The normalized spacial score (nSPS) is 17.2. The highest BCUT2D eigenvalue weighted by Crippen LogP contribution is 2.15. The Kier molecular flexibility index (Phi) is 3.00. The number of carbonyl (C=O) groups excluding carboxylic acids is 1. The van der Waals surface area contributed by atoms with Crippen LogP contribution in [-0.2, 0) is 16.1 Å². The van der Waals surface area contributed by atoms with Crippen LogP contribution in [0.3, 0.4) is 0 Å². The Balaban J connectivity index is 1.69. The van der Waals surface area contributed by atoms with Crippen molar-refractivity contribution in [2.75, 3.05) is 13.7 Å². The number of carbonyl (C=O) groups is 1. The van der Waals surface area contributed by atoms with Gasteiger partial charge in [-0.3, -0.25) is 9.89 Å². The van der Waals surface area contributed by atoms with Crippen molar-refractivity contribution in [3.8, 4) is 11.4 Å². The van der Waals surface area contributed by atoms with Crippen molar-refractivity contribution in [3.05, 3.63) is 36.2 Å². The first-order valence-electron chi connectivity index (χ1n) is 6.07. The predicted molar refractivity (Wildman–Crippen MR) is 68.0 cm³/mol. The zero-order valence-electron chi connectivity index (χ0n) is 10.5. The minimum absolute atomic E-state index is 0.0161. The fourth-order valence-electron chi connectivity index (χ4n) is 1.82. The third kappa shape index (κ3) is 2.63. The molecule has 1 amide bonds. The number of amides is 1. The van der Waals surface area contributed by atoms with Crippen molar-refractivity contribution in [3.63, 3.8) is 0 Å². The topological polar surface area (TPSA) is 74.4 Å². The number of aromatic nitrogens is 3. The number of ether oxygens (including phenoxy) is 1. The molecule has 1 fully saturated rings. The number of benzene rings is 1.